The monoisotopic (exact) mass is 275 g/mol. The van der Waals surface area contributed by atoms with Gasteiger partial charge in [0.1, 0.15) is 6.61 Å². The predicted octanol–water partition coefficient (Wildman–Crippen LogP) is 3.15. The number of carbonyl (C=O) groups is 1. The van der Waals surface area contributed by atoms with Gasteiger partial charge in [0.2, 0.25) is 5.91 Å². The minimum Gasteiger partial charge on any atom is -0.379 e. The number of rotatable bonds is 12. The summed E-state index contributed by atoms with van der Waals surface area (Å²) in [5.41, 5.74) is 0. The van der Waals surface area contributed by atoms with Crippen molar-refractivity contribution < 1.29 is 15.7 Å². The number of hydrogen-bond acceptors (Lipinski definition) is 3. The van der Waals surface area contributed by atoms with Crippen LogP contribution in [0.3, 0.4) is 0 Å². The smallest absolute Gasteiger partial charge is 0.246 e. The molecule has 4 nitrogen and oxygen atoms in total. The Kier molecular flexibility index (Phi) is 12.0. The lowest BCUT2D eigenvalue weighted by Crippen LogP contribution is -2.29. The fourth-order valence-electron chi connectivity index (χ4n) is 1.50. The van der Waals surface area contributed by atoms with Gasteiger partial charge in [-0.1, -0.05) is 19.8 Å². The van der Waals surface area contributed by atoms with Gasteiger partial charge in [-0.2, -0.15) is 0 Å². The average Bonchev–Trinajstić information content (AvgIpc) is 2.38. The van der Waals surface area contributed by atoms with Gasteiger partial charge in [-0.25, -0.2) is 0 Å². The lowest BCUT2D eigenvalue weighted by molar-refractivity contribution is -0.127. The number of ether oxygens (including phenoxy) is 2. The summed E-state index contributed by atoms with van der Waals surface area (Å²) < 4.78 is 10.8. The Labute approximate surface area is 119 Å². The molecule has 0 radical (unpaired) electrons. The first-order chi connectivity index (χ1) is 9.06. The molecule has 0 spiro atoms. The Hall–Kier alpha value is -0.610. The third-order valence-corrected chi connectivity index (χ3v) is 2.92. The molecule has 1 unspecified atom stereocenters. The van der Waals surface area contributed by atoms with E-state index in [1.807, 2.05) is 13.8 Å². The van der Waals surface area contributed by atoms with Crippen LogP contribution in [0.25, 0.3) is 0 Å². The van der Waals surface area contributed by atoms with Crippen LogP contribution >= 0.6 is 0 Å². The lowest BCUT2D eigenvalue weighted by Gasteiger charge is -2.10. The van der Waals surface area contributed by atoms with Crippen LogP contribution < -0.4 is 5.32 Å². The first kappa shape index (κ1) is 18.4. The molecule has 0 bridgehead atoms. The molecule has 0 heterocycles. The van der Waals surface area contributed by atoms with Crippen molar-refractivity contribution in [3.8, 4) is 0 Å². The molecule has 0 aromatic rings. The zero-order valence-corrected chi connectivity index (χ0v) is 13.0. The highest BCUT2D eigenvalue weighted by Crippen LogP contribution is 2.02. The van der Waals surface area contributed by atoms with Gasteiger partial charge in [-0.05, 0) is 40.0 Å². The third kappa shape index (κ3) is 13.6. The fraction of sp³-hybridized carbons (Fsp3) is 0.933. The Balaban J connectivity index is 0. The lowest BCUT2D eigenvalue weighted by atomic mass is 10.2. The van der Waals surface area contributed by atoms with Crippen LogP contribution in [0, 0.1) is 0 Å². The van der Waals surface area contributed by atoms with Crippen molar-refractivity contribution in [3.05, 3.63) is 0 Å². The molecule has 0 aromatic carbocycles. The number of unbranched alkanes of at least 4 members (excludes halogenated alkanes) is 3. The highest BCUT2D eigenvalue weighted by molar-refractivity contribution is 5.77. The summed E-state index contributed by atoms with van der Waals surface area (Å²) >= 11 is 0. The maximum absolute atomic E-state index is 11.3. The quantitative estimate of drug-likeness (QED) is 0.557. The van der Waals surface area contributed by atoms with E-state index in [1.54, 1.807) is 0 Å². The maximum atomic E-state index is 11.3. The van der Waals surface area contributed by atoms with Crippen LogP contribution in [0.5, 0.6) is 0 Å². The molecule has 1 amide bonds. The van der Waals surface area contributed by atoms with Crippen molar-refractivity contribution in [2.75, 3.05) is 19.8 Å². The topological polar surface area (TPSA) is 47.6 Å². The van der Waals surface area contributed by atoms with Crippen molar-refractivity contribution in [1.82, 2.24) is 5.32 Å². The minimum atomic E-state index is -0.0196. The van der Waals surface area contributed by atoms with Crippen molar-refractivity contribution in [3.63, 3.8) is 0 Å². The van der Waals surface area contributed by atoms with Crippen molar-refractivity contribution in [2.24, 2.45) is 0 Å². The normalized spacial score (nSPS) is 12.7. The molecule has 0 aliphatic carbocycles. The van der Waals surface area contributed by atoms with Crippen LogP contribution in [-0.2, 0) is 14.3 Å². The van der Waals surface area contributed by atoms with Gasteiger partial charge in [0, 0.05) is 14.6 Å². The highest BCUT2D eigenvalue weighted by atomic mass is 16.5. The van der Waals surface area contributed by atoms with Gasteiger partial charge in [0.25, 0.3) is 0 Å². The number of nitrogens with one attached hydrogen (secondary N) is 1. The van der Waals surface area contributed by atoms with E-state index in [0.717, 1.165) is 45.3 Å². The summed E-state index contributed by atoms with van der Waals surface area (Å²) in [6.07, 6.45) is 5.98. The second kappa shape index (κ2) is 12.4. The largest absolute Gasteiger partial charge is 0.379 e. The molecule has 0 aromatic heterocycles. The van der Waals surface area contributed by atoms with Gasteiger partial charge in [-0.15, -0.1) is 0 Å². The molecule has 4 heteroatoms. The molecule has 0 aliphatic rings. The molecule has 0 rings (SSSR count). The molecular formula is C15H33NO3. The van der Waals surface area contributed by atoms with Crippen molar-refractivity contribution in [2.45, 2.75) is 72.0 Å². The Morgan fingerprint density at radius 2 is 1.79 bits per heavy atom. The van der Waals surface area contributed by atoms with Gasteiger partial charge in [-0.3, -0.25) is 4.79 Å². The standard InChI is InChI=1S/C15H31NO3.H2/c1-5-14(4)18-11-9-7-6-8-10-16-15(17)12-19-13(2)3;/h13-14H,5-12H2,1-4H3,(H,16,17);1H. The first-order valence-corrected chi connectivity index (χ1v) is 7.56. The predicted molar refractivity (Wildman–Crippen MR) is 80.4 cm³/mol. The van der Waals surface area contributed by atoms with Crippen LogP contribution in [0.1, 0.15) is 61.2 Å². The minimum absolute atomic E-state index is 0. The molecule has 0 saturated carbocycles. The summed E-state index contributed by atoms with van der Waals surface area (Å²) in [4.78, 5) is 11.3. The van der Waals surface area contributed by atoms with Crippen LogP contribution in [0.4, 0.5) is 0 Å². The number of carbonyl (C=O) groups excluding carboxylic acids is 1. The van der Waals surface area contributed by atoms with E-state index >= 15 is 0 Å². The van der Waals surface area contributed by atoms with Crippen molar-refractivity contribution >= 4 is 5.91 Å². The second-order valence-electron chi connectivity index (χ2n) is 5.21. The summed E-state index contributed by atoms with van der Waals surface area (Å²) in [5.74, 6) is -0.0196. The summed E-state index contributed by atoms with van der Waals surface area (Å²) in [6, 6.07) is 0. The highest BCUT2D eigenvalue weighted by Gasteiger charge is 2.02. The van der Waals surface area contributed by atoms with Crippen LogP contribution in [0.15, 0.2) is 0 Å². The average molecular weight is 275 g/mol. The number of amides is 1. The Bertz CT molecular complexity index is 225. The maximum Gasteiger partial charge on any atom is 0.246 e. The molecule has 0 fully saturated rings. The zero-order valence-electron chi connectivity index (χ0n) is 13.0. The van der Waals surface area contributed by atoms with E-state index in [-0.39, 0.29) is 20.0 Å². The Morgan fingerprint density at radius 1 is 1.11 bits per heavy atom. The van der Waals surface area contributed by atoms with Gasteiger partial charge >= 0.3 is 0 Å². The SMILES string of the molecule is CCC(C)OCCCCCCNC(=O)COC(C)C.[HH]. The molecule has 0 aliphatic heterocycles. The molecular weight excluding hydrogens is 242 g/mol. The first-order valence-electron chi connectivity index (χ1n) is 7.56. The molecule has 0 saturated heterocycles. The Morgan fingerprint density at radius 3 is 2.42 bits per heavy atom. The van der Waals surface area contributed by atoms with Gasteiger partial charge in [0.15, 0.2) is 0 Å². The summed E-state index contributed by atoms with van der Waals surface area (Å²) in [6.45, 7) is 9.85. The van der Waals surface area contributed by atoms with E-state index in [0.29, 0.717) is 6.10 Å². The van der Waals surface area contributed by atoms with Crippen LogP contribution in [0.2, 0.25) is 0 Å². The van der Waals surface area contributed by atoms with E-state index in [4.69, 9.17) is 9.47 Å². The van der Waals surface area contributed by atoms with E-state index < -0.39 is 0 Å². The van der Waals surface area contributed by atoms with Gasteiger partial charge in [0.05, 0.1) is 12.2 Å². The molecule has 19 heavy (non-hydrogen) atoms. The fourth-order valence-corrected chi connectivity index (χ4v) is 1.50. The van der Waals surface area contributed by atoms with E-state index in [9.17, 15) is 4.79 Å². The molecule has 1 atom stereocenters. The van der Waals surface area contributed by atoms with Crippen molar-refractivity contribution in [1.29, 1.82) is 0 Å². The van der Waals surface area contributed by atoms with Gasteiger partial charge < -0.3 is 14.8 Å². The van der Waals surface area contributed by atoms with E-state index in [1.165, 1.54) is 0 Å². The number of hydrogen-bond donors (Lipinski definition) is 1. The second-order valence-corrected chi connectivity index (χ2v) is 5.21. The van der Waals surface area contributed by atoms with Crippen LogP contribution in [-0.4, -0.2) is 37.9 Å². The molecule has 1 N–H and O–H groups in total. The summed E-state index contributed by atoms with van der Waals surface area (Å²) in [5, 5.41) is 2.86. The summed E-state index contributed by atoms with van der Waals surface area (Å²) in [7, 11) is 0. The zero-order chi connectivity index (χ0) is 14.5. The third-order valence-electron chi connectivity index (χ3n) is 2.92. The molecule has 116 valence electrons. The van der Waals surface area contributed by atoms with E-state index in [2.05, 4.69) is 19.2 Å².